The number of ketones is 1. The number of unbranched alkanes of at least 4 members (excludes halogenated alkanes) is 2. The molecule has 140 valence electrons. The lowest BCUT2D eigenvalue weighted by atomic mass is 9.95. The van der Waals surface area contributed by atoms with E-state index in [0.717, 1.165) is 42.0 Å². The number of nitrogens with zero attached hydrogens (tertiary/aromatic N) is 1. The first-order valence-corrected chi connectivity index (χ1v) is 10.2. The maximum Gasteiger partial charge on any atom is 0.163 e. The highest BCUT2D eigenvalue weighted by atomic mass is 16.1. The Morgan fingerprint density at radius 1 is 1.08 bits per heavy atom. The van der Waals surface area contributed by atoms with Gasteiger partial charge in [0.1, 0.15) is 0 Å². The van der Waals surface area contributed by atoms with Crippen LogP contribution in [-0.4, -0.2) is 10.8 Å². The molecule has 0 aliphatic heterocycles. The van der Waals surface area contributed by atoms with Gasteiger partial charge in [0.2, 0.25) is 0 Å². The maximum absolute atomic E-state index is 12.8. The number of carbonyl (C=O) groups excluding carboxylic acids is 1. The fraction of sp³-hybridized carbons (Fsp3) is 0.500. The van der Waals surface area contributed by atoms with E-state index in [9.17, 15) is 4.79 Å². The van der Waals surface area contributed by atoms with Crippen molar-refractivity contribution < 1.29 is 4.79 Å². The number of aryl methyl sites for hydroxylation is 1. The van der Waals surface area contributed by atoms with Crippen LogP contribution in [0.1, 0.15) is 81.6 Å². The zero-order valence-electron chi connectivity index (χ0n) is 16.6. The predicted octanol–water partition coefficient (Wildman–Crippen LogP) is 6.88. The first kappa shape index (κ1) is 20.4. The van der Waals surface area contributed by atoms with Crippen LogP contribution in [0.5, 0.6) is 0 Å². The van der Waals surface area contributed by atoms with Gasteiger partial charge < -0.3 is 0 Å². The van der Waals surface area contributed by atoms with Gasteiger partial charge >= 0.3 is 0 Å². The van der Waals surface area contributed by atoms with Gasteiger partial charge in [-0.05, 0) is 42.9 Å². The fourth-order valence-corrected chi connectivity index (χ4v) is 3.22. The monoisotopic (exact) mass is 351 g/mol. The molecule has 0 saturated heterocycles. The summed E-state index contributed by atoms with van der Waals surface area (Å²) < 4.78 is 0. The molecule has 1 unspecified atom stereocenters. The summed E-state index contributed by atoms with van der Waals surface area (Å²) in [5.74, 6) is 0.998. The Balaban J connectivity index is 2.08. The molecule has 1 aromatic carbocycles. The molecule has 0 radical (unpaired) electrons. The molecule has 1 heterocycles. The highest BCUT2D eigenvalue weighted by Crippen LogP contribution is 2.25. The molecule has 2 heteroatoms. The Morgan fingerprint density at radius 2 is 1.88 bits per heavy atom. The van der Waals surface area contributed by atoms with Gasteiger partial charge in [-0.2, -0.15) is 0 Å². The highest BCUT2D eigenvalue weighted by Gasteiger charge is 2.13. The van der Waals surface area contributed by atoms with Gasteiger partial charge in [0.25, 0.3) is 0 Å². The summed E-state index contributed by atoms with van der Waals surface area (Å²) in [6.07, 6.45) is 10.5. The second-order valence-corrected chi connectivity index (χ2v) is 7.38. The van der Waals surface area contributed by atoms with Crippen LogP contribution in [0.2, 0.25) is 0 Å². The Morgan fingerprint density at radius 3 is 2.65 bits per heavy atom. The van der Waals surface area contributed by atoms with Crippen molar-refractivity contribution in [1.82, 2.24) is 4.98 Å². The van der Waals surface area contributed by atoms with Crippen LogP contribution < -0.4 is 0 Å². The zero-order chi connectivity index (χ0) is 18.8. The minimum atomic E-state index is 0.241. The molecule has 0 spiro atoms. The lowest BCUT2D eigenvalue weighted by Crippen LogP contribution is -2.03. The van der Waals surface area contributed by atoms with Crippen LogP contribution in [0.25, 0.3) is 11.3 Å². The van der Waals surface area contributed by atoms with Crippen LogP contribution in [0.15, 0.2) is 42.6 Å². The molecule has 0 amide bonds. The molecule has 26 heavy (non-hydrogen) atoms. The summed E-state index contributed by atoms with van der Waals surface area (Å²) in [5.41, 5.74) is 4.00. The molecule has 0 bridgehead atoms. The Bertz CT molecular complexity index is 692. The van der Waals surface area contributed by atoms with Crippen LogP contribution in [-0.2, 0) is 6.42 Å². The van der Waals surface area contributed by atoms with Crippen molar-refractivity contribution in [3.63, 3.8) is 0 Å². The number of hydrogen-bond donors (Lipinski definition) is 0. The number of pyridine rings is 1. The van der Waals surface area contributed by atoms with E-state index in [0.29, 0.717) is 6.42 Å². The minimum Gasteiger partial charge on any atom is -0.294 e. The average Bonchev–Trinajstić information content (AvgIpc) is 2.69. The van der Waals surface area contributed by atoms with Gasteiger partial charge in [-0.1, -0.05) is 70.7 Å². The quantitative estimate of drug-likeness (QED) is 0.326. The van der Waals surface area contributed by atoms with E-state index < -0.39 is 0 Å². The number of aromatic nitrogens is 1. The summed E-state index contributed by atoms with van der Waals surface area (Å²) in [6.45, 7) is 6.72. The molecule has 2 aromatic rings. The van der Waals surface area contributed by atoms with Crippen LogP contribution in [0.4, 0.5) is 0 Å². The molecular weight excluding hydrogens is 318 g/mol. The molecule has 0 aliphatic carbocycles. The first-order valence-electron chi connectivity index (χ1n) is 10.2. The van der Waals surface area contributed by atoms with Gasteiger partial charge in [-0.15, -0.1) is 0 Å². The standard InChI is InChI=1S/C24H33NO/c1-4-6-12-20-16-17-25-23(18-20)21-13-8-9-14-22(21)24(26)15-10-7-11-19(3)5-2/h8-9,13-14,16-19H,4-7,10-12,15H2,1-3H3. The zero-order valence-corrected chi connectivity index (χ0v) is 16.6. The van der Waals surface area contributed by atoms with Gasteiger partial charge in [0.15, 0.2) is 5.78 Å². The van der Waals surface area contributed by atoms with E-state index >= 15 is 0 Å². The first-order chi connectivity index (χ1) is 12.7. The fourth-order valence-electron chi connectivity index (χ4n) is 3.22. The number of benzene rings is 1. The van der Waals surface area contributed by atoms with E-state index in [1.54, 1.807) is 0 Å². The van der Waals surface area contributed by atoms with Gasteiger partial charge in [0.05, 0.1) is 5.69 Å². The maximum atomic E-state index is 12.8. The second-order valence-electron chi connectivity index (χ2n) is 7.38. The number of hydrogen-bond acceptors (Lipinski definition) is 2. The highest BCUT2D eigenvalue weighted by molar-refractivity contribution is 6.01. The normalized spacial score (nSPS) is 12.1. The third-order valence-corrected chi connectivity index (χ3v) is 5.19. The van der Waals surface area contributed by atoms with Gasteiger partial charge in [0, 0.05) is 23.7 Å². The van der Waals surface area contributed by atoms with Crippen LogP contribution in [0.3, 0.4) is 0 Å². The van der Waals surface area contributed by atoms with Crippen molar-refractivity contribution in [1.29, 1.82) is 0 Å². The SMILES string of the molecule is CCCCc1ccnc(-c2ccccc2C(=O)CCCCC(C)CC)c1. The molecular formula is C24H33NO. The van der Waals surface area contributed by atoms with Crippen LogP contribution in [0, 0.1) is 5.92 Å². The lowest BCUT2D eigenvalue weighted by molar-refractivity contribution is 0.0979. The summed E-state index contributed by atoms with van der Waals surface area (Å²) in [5, 5.41) is 0. The predicted molar refractivity (Wildman–Crippen MR) is 111 cm³/mol. The lowest BCUT2D eigenvalue weighted by Gasteiger charge is -2.10. The van der Waals surface area contributed by atoms with E-state index in [4.69, 9.17) is 0 Å². The number of Topliss-reactive ketones (excluding diaryl/α,β-unsaturated/α-hetero) is 1. The molecule has 1 atom stereocenters. The topological polar surface area (TPSA) is 30.0 Å². The summed E-state index contributed by atoms with van der Waals surface area (Å²) in [6, 6.07) is 12.2. The van der Waals surface area contributed by atoms with Crippen molar-refractivity contribution in [2.75, 3.05) is 0 Å². The molecule has 0 N–H and O–H groups in total. The van der Waals surface area contributed by atoms with E-state index in [1.165, 1.54) is 31.2 Å². The van der Waals surface area contributed by atoms with Crippen molar-refractivity contribution in [3.8, 4) is 11.3 Å². The summed E-state index contributed by atoms with van der Waals surface area (Å²) in [4.78, 5) is 17.3. The minimum absolute atomic E-state index is 0.241. The largest absolute Gasteiger partial charge is 0.294 e. The molecule has 1 aromatic heterocycles. The smallest absolute Gasteiger partial charge is 0.163 e. The number of carbonyl (C=O) groups is 1. The molecule has 2 rings (SSSR count). The Hall–Kier alpha value is -1.96. The third kappa shape index (κ3) is 6.09. The third-order valence-electron chi connectivity index (χ3n) is 5.19. The van der Waals surface area contributed by atoms with E-state index in [2.05, 4.69) is 37.9 Å². The second kappa shape index (κ2) is 10.9. The summed E-state index contributed by atoms with van der Waals surface area (Å²) >= 11 is 0. The van der Waals surface area contributed by atoms with E-state index in [1.807, 2.05) is 30.5 Å². The summed E-state index contributed by atoms with van der Waals surface area (Å²) in [7, 11) is 0. The molecule has 0 saturated carbocycles. The average molecular weight is 352 g/mol. The molecule has 0 fully saturated rings. The van der Waals surface area contributed by atoms with Gasteiger partial charge in [-0.25, -0.2) is 0 Å². The van der Waals surface area contributed by atoms with Crippen molar-refractivity contribution >= 4 is 5.78 Å². The molecule has 2 nitrogen and oxygen atoms in total. The van der Waals surface area contributed by atoms with Gasteiger partial charge in [-0.3, -0.25) is 9.78 Å². The van der Waals surface area contributed by atoms with E-state index in [-0.39, 0.29) is 5.78 Å². The Labute approximate surface area is 159 Å². The molecule has 0 aliphatic rings. The van der Waals surface area contributed by atoms with Crippen molar-refractivity contribution in [3.05, 3.63) is 53.7 Å². The van der Waals surface area contributed by atoms with Crippen molar-refractivity contribution in [2.45, 2.75) is 72.1 Å². The van der Waals surface area contributed by atoms with Crippen molar-refractivity contribution in [2.24, 2.45) is 5.92 Å². The van der Waals surface area contributed by atoms with Crippen LogP contribution >= 0.6 is 0 Å². The Kier molecular flexibility index (Phi) is 8.53. The number of rotatable bonds is 11.